The Morgan fingerprint density at radius 3 is 1.55 bits per heavy atom. The fourth-order valence-electron chi connectivity index (χ4n) is 1.72. The predicted molar refractivity (Wildman–Crippen MR) is 84.8 cm³/mol. The van der Waals surface area contributed by atoms with E-state index >= 15 is 0 Å². The summed E-state index contributed by atoms with van der Waals surface area (Å²) in [5.41, 5.74) is 0.647. The van der Waals surface area contributed by atoms with Crippen LogP contribution in [0.1, 0.15) is 13.8 Å². The van der Waals surface area contributed by atoms with Crippen molar-refractivity contribution in [2.45, 2.75) is 13.8 Å². The molecule has 0 unspecified atom stereocenters. The summed E-state index contributed by atoms with van der Waals surface area (Å²) in [6, 6.07) is 10.4. The van der Waals surface area contributed by atoms with Crippen molar-refractivity contribution in [3.8, 4) is 11.5 Å². The number of rotatable bonds is 4. The van der Waals surface area contributed by atoms with Crippen LogP contribution in [-0.2, 0) is 9.59 Å². The van der Waals surface area contributed by atoms with Crippen LogP contribution in [0.2, 0.25) is 0 Å². The molecule has 0 fully saturated rings. The molecule has 0 saturated heterocycles. The quantitative estimate of drug-likeness (QED) is 0.489. The van der Waals surface area contributed by atoms with Crippen LogP contribution in [0.5, 0.6) is 11.5 Å². The third-order valence-corrected chi connectivity index (χ3v) is 2.90. The minimum Gasteiger partial charge on any atom is -0.423 e. The number of carbonyl (C=O) groups is 2. The SMILES string of the molecule is C=C(C)C(=O)Oc1ccc2ccc(OC(=O)C(=C)C)cc2c1. The first-order valence-electron chi connectivity index (χ1n) is 6.66. The fourth-order valence-corrected chi connectivity index (χ4v) is 1.72. The van der Waals surface area contributed by atoms with Gasteiger partial charge in [0.2, 0.25) is 0 Å². The highest BCUT2D eigenvalue weighted by Crippen LogP contribution is 2.25. The molecule has 0 heterocycles. The zero-order valence-corrected chi connectivity index (χ0v) is 12.5. The Balaban J connectivity index is 2.30. The molecule has 22 heavy (non-hydrogen) atoms. The molecule has 0 aromatic heterocycles. The molecular formula is C18H16O4. The minimum atomic E-state index is -0.482. The largest absolute Gasteiger partial charge is 0.423 e. The smallest absolute Gasteiger partial charge is 0.338 e. The molecule has 0 bridgehead atoms. The number of hydrogen-bond donors (Lipinski definition) is 0. The number of benzene rings is 2. The van der Waals surface area contributed by atoms with Crippen molar-refractivity contribution in [1.29, 1.82) is 0 Å². The van der Waals surface area contributed by atoms with Crippen LogP contribution < -0.4 is 9.47 Å². The molecule has 0 saturated carbocycles. The first kappa shape index (κ1) is 15.5. The van der Waals surface area contributed by atoms with Crippen molar-refractivity contribution in [3.05, 3.63) is 60.7 Å². The van der Waals surface area contributed by atoms with Gasteiger partial charge in [0.25, 0.3) is 0 Å². The molecule has 0 radical (unpaired) electrons. The Bertz CT molecular complexity index is 724. The van der Waals surface area contributed by atoms with Crippen molar-refractivity contribution in [2.75, 3.05) is 0 Å². The zero-order chi connectivity index (χ0) is 16.3. The monoisotopic (exact) mass is 296 g/mol. The van der Waals surface area contributed by atoms with Gasteiger partial charge in [-0.1, -0.05) is 25.3 Å². The molecule has 0 N–H and O–H groups in total. The van der Waals surface area contributed by atoms with E-state index in [9.17, 15) is 9.59 Å². The van der Waals surface area contributed by atoms with Crippen LogP contribution in [0.3, 0.4) is 0 Å². The lowest BCUT2D eigenvalue weighted by molar-refractivity contribution is -0.130. The van der Waals surface area contributed by atoms with Crippen LogP contribution in [-0.4, -0.2) is 11.9 Å². The molecule has 0 atom stereocenters. The molecule has 0 amide bonds. The van der Waals surface area contributed by atoms with Gasteiger partial charge < -0.3 is 9.47 Å². The summed E-state index contributed by atoms with van der Waals surface area (Å²) in [7, 11) is 0. The van der Waals surface area contributed by atoms with E-state index in [0.29, 0.717) is 22.6 Å². The molecular weight excluding hydrogens is 280 g/mol. The summed E-state index contributed by atoms with van der Waals surface area (Å²) in [5, 5.41) is 1.73. The van der Waals surface area contributed by atoms with Gasteiger partial charge in [-0.2, -0.15) is 0 Å². The maximum Gasteiger partial charge on any atom is 0.338 e. The third-order valence-electron chi connectivity index (χ3n) is 2.90. The van der Waals surface area contributed by atoms with Gasteiger partial charge in [0, 0.05) is 11.1 Å². The number of fused-ring (bicyclic) bond motifs is 1. The van der Waals surface area contributed by atoms with Crippen LogP contribution in [0, 0.1) is 0 Å². The lowest BCUT2D eigenvalue weighted by Gasteiger charge is -2.07. The third kappa shape index (κ3) is 3.61. The second kappa shape index (κ2) is 6.26. The van der Waals surface area contributed by atoms with E-state index in [-0.39, 0.29) is 0 Å². The second-order valence-electron chi connectivity index (χ2n) is 5.01. The van der Waals surface area contributed by atoms with E-state index in [1.807, 2.05) is 12.1 Å². The second-order valence-corrected chi connectivity index (χ2v) is 5.01. The molecule has 4 nitrogen and oxygen atoms in total. The van der Waals surface area contributed by atoms with Crippen molar-refractivity contribution < 1.29 is 19.1 Å². The van der Waals surface area contributed by atoms with E-state index in [4.69, 9.17) is 9.47 Å². The Hall–Kier alpha value is -2.88. The molecule has 2 aromatic rings. The van der Waals surface area contributed by atoms with E-state index in [1.54, 1.807) is 38.1 Å². The summed E-state index contributed by atoms with van der Waals surface area (Å²) < 4.78 is 10.4. The summed E-state index contributed by atoms with van der Waals surface area (Å²) >= 11 is 0. The molecule has 2 rings (SSSR count). The highest BCUT2D eigenvalue weighted by molar-refractivity contribution is 5.92. The van der Waals surface area contributed by atoms with Crippen molar-refractivity contribution in [3.63, 3.8) is 0 Å². The standard InChI is InChI=1S/C18H16O4/c1-11(2)17(19)21-15-7-5-13-6-8-16(10-14(13)9-15)22-18(20)12(3)4/h5-10H,1,3H2,2,4H3. The summed E-state index contributed by atoms with van der Waals surface area (Å²) in [5.74, 6) is -0.152. The molecule has 0 aliphatic heterocycles. The van der Waals surface area contributed by atoms with Gasteiger partial charge in [0.1, 0.15) is 11.5 Å². The summed E-state index contributed by atoms with van der Waals surface area (Å²) in [6.07, 6.45) is 0. The van der Waals surface area contributed by atoms with Gasteiger partial charge in [-0.25, -0.2) is 9.59 Å². The molecule has 0 aliphatic rings. The Morgan fingerprint density at radius 2 is 1.18 bits per heavy atom. The summed E-state index contributed by atoms with van der Waals surface area (Å²) in [6.45, 7) is 10.2. The topological polar surface area (TPSA) is 52.6 Å². The van der Waals surface area contributed by atoms with E-state index in [1.165, 1.54) is 0 Å². The predicted octanol–water partition coefficient (Wildman–Crippen LogP) is 3.80. The lowest BCUT2D eigenvalue weighted by Crippen LogP contribution is -2.08. The maximum absolute atomic E-state index is 11.5. The van der Waals surface area contributed by atoms with Crippen molar-refractivity contribution >= 4 is 22.7 Å². The minimum absolute atomic E-state index is 0.323. The Kier molecular flexibility index (Phi) is 4.41. The zero-order valence-electron chi connectivity index (χ0n) is 12.5. The van der Waals surface area contributed by atoms with Crippen LogP contribution in [0.25, 0.3) is 10.8 Å². The van der Waals surface area contributed by atoms with Gasteiger partial charge in [-0.3, -0.25) is 0 Å². The molecule has 0 aliphatic carbocycles. The summed E-state index contributed by atoms with van der Waals surface area (Å²) in [4.78, 5) is 23.1. The Morgan fingerprint density at radius 1 is 0.773 bits per heavy atom. The average Bonchev–Trinajstić information content (AvgIpc) is 2.46. The number of hydrogen-bond acceptors (Lipinski definition) is 4. The van der Waals surface area contributed by atoms with Gasteiger partial charge in [0.15, 0.2) is 0 Å². The van der Waals surface area contributed by atoms with Crippen LogP contribution in [0.4, 0.5) is 0 Å². The fraction of sp³-hybridized carbons (Fsp3) is 0.111. The van der Waals surface area contributed by atoms with E-state index in [2.05, 4.69) is 13.2 Å². The first-order valence-corrected chi connectivity index (χ1v) is 6.66. The normalized spacial score (nSPS) is 10.1. The average molecular weight is 296 g/mol. The highest BCUT2D eigenvalue weighted by Gasteiger charge is 2.08. The van der Waals surface area contributed by atoms with Crippen LogP contribution in [0.15, 0.2) is 60.7 Å². The van der Waals surface area contributed by atoms with Gasteiger partial charge >= 0.3 is 11.9 Å². The van der Waals surface area contributed by atoms with Gasteiger partial charge in [0.05, 0.1) is 0 Å². The first-order chi connectivity index (χ1) is 10.4. The van der Waals surface area contributed by atoms with E-state index < -0.39 is 11.9 Å². The highest BCUT2D eigenvalue weighted by atomic mass is 16.5. The Labute approximate surface area is 128 Å². The van der Waals surface area contributed by atoms with Gasteiger partial charge in [-0.15, -0.1) is 0 Å². The molecule has 2 aromatic carbocycles. The molecule has 112 valence electrons. The lowest BCUT2D eigenvalue weighted by atomic mass is 10.1. The number of ether oxygens (including phenoxy) is 2. The van der Waals surface area contributed by atoms with Gasteiger partial charge in [-0.05, 0) is 48.9 Å². The van der Waals surface area contributed by atoms with E-state index in [0.717, 1.165) is 10.8 Å². The van der Waals surface area contributed by atoms with Crippen molar-refractivity contribution in [1.82, 2.24) is 0 Å². The number of carbonyl (C=O) groups excluding carboxylic acids is 2. The van der Waals surface area contributed by atoms with Crippen LogP contribution >= 0.6 is 0 Å². The molecule has 4 heteroatoms. The number of esters is 2. The van der Waals surface area contributed by atoms with Crippen molar-refractivity contribution in [2.24, 2.45) is 0 Å². The molecule has 0 spiro atoms. The maximum atomic E-state index is 11.5.